The quantitative estimate of drug-likeness (QED) is 0.933. The van der Waals surface area contributed by atoms with Gasteiger partial charge in [0.15, 0.2) is 0 Å². The Labute approximate surface area is 128 Å². The molecule has 0 saturated carbocycles. The Bertz CT molecular complexity index is 638. The molecule has 3 nitrogen and oxygen atoms in total. The summed E-state index contributed by atoms with van der Waals surface area (Å²) in [5.74, 6) is -0.783. The van der Waals surface area contributed by atoms with Gasteiger partial charge in [-0.15, -0.1) is 0 Å². The van der Waals surface area contributed by atoms with Crippen LogP contribution in [0.2, 0.25) is 5.02 Å². The highest BCUT2D eigenvalue weighted by atomic mass is 35.5. The summed E-state index contributed by atoms with van der Waals surface area (Å²) in [5.41, 5.74) is 1.77. The number of hydrogen-bond acceptors (Lipinski definition) is 2. The topological polar surface area (TPSA) is 32.3 Å². The van der Waals surface area contributed by atoms with E-state index >= 15 is 0 Å². The molecule has 1 N–H and O–H groups in total. The fraction of sp³-hybridized carbons (Fsp3) is 0.188. The van der Waals surface area contributed by atoms with E-state index < -0.39 is 5.82 Å². The van der Waals surface area contributed by atoms with Crippen LogP contribution in [0.4, 0.5) is 15.8 Å². The summed E-state index contributed by atoms with van der Waals surface area (Å²) >= 11 is 5.93. The van der Waals surface area contributed by atoms with Crippen LogP contribution in [0.5, 0.6) is 0 Å². The highest BCUT2D eigenvalue weighted by molar-refractivity contribution is 6.31. The lowest BCUT2D eigenvalue weighted by atomic mass is 10.1. The van der Waals surface area contributed by atoms with Crippen molar-refractivity contribution in [1.82, 2.24) is 0 Å². The molecule has 0 aromatic heterocycles. The van der Waals surface area contributed by atoms with Crippen LogP contribution >= 0.6 is 11.6 Å². The van der Waals surface area contributed by atoms with Gasteiger partial charge in [0.05, 0.1) is 17.8 Å². The first kappa shape index (κ1) is 15.3. The number of rotatable bonds is 4. The first-order valence-corrected chi connectivity index (χ1v) is 6.86. The molecule has 0 unspecified atom stereocenters. The molecule has 2 rings (SSSR count). The second-order valence-electron chi connectivity index (χ2n) is 4.84. The van der Waals surface area contributed by atoms with Crippen LogP contribution in [-0.2, 0) is 11.2 Å². The Morgan fingerprint density at radius 3 is 2.57 bits per heavy atom. The van der Waals surface area contributed by atoms with Crippen molar-refractivity contribution >= 4 is 28.9 Å². The molecule has 0 fully saturated rings. The number of carbonyl (C=O) groups is 1. The number of nitrogens with one attached hydrogen (secondary N) is 1. The van der Waals surface area contributed by atoms with E-state index in [0.29, 0.717) is 5.69 Å². The standard InChI is InChI=1S/C16H16ClFN2O/c1-20(2)15-9-4-3-8-14(15)19-16(21)10-11-12(17)6-5-7-13(11)18/h3-9H,10H2,1-2H3,(H,19,21). The number of halogens is 2. The lowest BCUT2D eigenvalue weighted by molar-refractivity contribution is -0.115. The maximum Gasteiger partial charge on any atom is 0.229 e. The second-order valence-corrected chi connectivity index (χ2v) is 5.24. The van der Waals surface area contributed by atoms with Gasteiger partial charge >= 0.3 is 0 Å². The molecular weight excluding hydrogens is 291 g/mol. The average molecular weight is 307 g/mol. The Morgan fingerprint density at radius 1 is 1.19 bits per heavy atom. The summed E-state index contributed by atoms with van der Waals surface area (Å²) < 4.78 is 13.7. The molecule has 0 aliphatic carbocycles. The summed E-state index contributed by atoms with van der Waals surface area (Å²) in [7, 11) is 3.78. The van der Waals surface area contributed by atoms with Crippen molar-refractivity contribution < 1.29 is 9.18 Å². The predicted octanol–water partition coefficient (Wildman–Crippen LogP) is 3.73. The molecule has 1 amide bonds. The number of para-hydroxylation sites is 2. The number of benzene rings is 2. The zero-order valence-electron chi connectivity index (χ0n) is 11.9. The largest absolute Gasteiger partial charge is 0.376 e. The fourth-order valence-electron chi connectivity index (χ4n) is 2.03. The molecule has 0 aliphatic rings. The molecule has 5 heteroatoms. The van der Waals surface area contributed by atoms with Gasteiger partial charge in [0.25, 0.3) is 0 Å². The highest BCUT2D eigenvalue weighted by Crippen LogP contribution is 2.24. The van der Waals surface area contributed by atoms with Gasteiger partial charge < -0.3 is 10.2 Å². The smallest absolute Gasteiger partial charge is 0.229 e. The molecule has 0 saturated heterocycles. The SMILES string of the molecule is CN(C)c1ccccc1NC(=O)Cc1c(F)cccc1Cl. The van der Waals surface area contributed by atoms with Crippen LogP contribution in [-0.4, -0.2) is 20.0 Å². The van der Waals surface area contributed by atoms with Crippen molar-refractivity contribution in [1.29, 1.82) is 0 Å². The molecule has 2 aromatic carbocycles. The average Bonchev–Trinajstić information content (AvgIpc) is 2.43. The van der Waals surface area contributed by atoms with E-state index in [1.165, 1.54) is 12.1 Å². The summed E-state index contributed by atoms with van der Waals surface area (Å²) in [6.07, 6.45) is -0.104. The lowest BCUT2D eigenvalue weighted by Crippen LogP contribution is -2.18. The van der Waals surface area contributed by atoms with Crippen LogP contribution in [0.3, 0.4) is 0 Å². The van der Waals surface area contributed by atoms with Crippen molar-refractivity contribution in [3.05, 3.63) is 58.9 Å². The highest BCUT2D eigenvalue weighted by Gasteiger charge is 2.13. The van der Waals surface area contributed by atoms with E-state index in [0.717, 1.165) is 5.69 Å². The fourth-order valence-corrected chi connectivity index (χ4v) is 2.26. The molecule has 21 heavy (non-hydrogen) atoms. The van der Waals surface area contributed by atoms with E-state index in [4.69, 9.17) is 11.6 Å². The first-order chi connectivity index (χ1) is 9.99. The molecule has 0 radical (unpaired) electrons. The monoisotopic (exact) mass is 306 g/mol. The number of hydrogen-bond donors (Lipinski definition) is 1. The van der Waals surface area contributed by atoms with Crippen molar-refractivity contribution in [3.8, 4) is 0 Å². The number of amides is 1. The van der Waals surface area contributed by atoms with Gasteiger partial charge in [-0.05, 0) is 24.3 Å². The number of carbonyl (C=O) groups excluding carboxylic acids is 1. The molecule has 0 atom stereocenters. The number of nitrogens with zero attached hydrogens (tertiary/aromatic N) is 1. The third-order valence-electron chi connectivity index (χ3n) is 3.06. The van der Waals surface area contributed by atoms with E-state index in [2.05, 4.69) is 5.32 Å². The van der Waals surface area contributed by atoms with Crippen molar-refractivity contribution in [2.45, 2.75) is 6.42 Å². The van der Waals surface area contributed by atoms with Crippen LogP contribution in [0.25, 0.3) is 0 Å². The van der Waals surface area contributed by atoms with Crippen LogP contribution in [0, 0.1) is 5.82 Å². The lowest BCUT2D eigenvalue weighted by Gasteiger charge is -2.17. The van der Waals surface area contributed by atoms with Crippen LogP contribution in [0.15, 0.2) is 42.5 Å². The Morgan fingerprint density at radius 2 is 1.90 bits per heavy atom. The predicted molar refractivity (Wildman–Crippen MR) is 84.5 cm³/mol. The van der Waals surface area contributed by atoms with Gasteiger partial charge in [0.1, 0.15) is 5.82 Å². The normalized spacial score (nSPS) is 10.3. The third-order valence-corrected chi connectivity index (χ3v) is 3.41. The van der Waals surface area contributed by atoms with Gasteiger partial charge in [-0.1, -0.05) is 29.8 Å². The van der Waals surface area contributed by atoms with Gasteiger partial charge in [0.2, 0.25) is 5.91 Å². The molecule has 0 bridgehead atoms. The first-order valence-electron chi connectivity index (χ1n) is 6.48. The number of anilines is 2. The van der Waals surface area contributed by atoms with Crippen molar-refractivity contribution in [2.75, 3.05) is 24.3 Å². The summed E-state index contributed by atoms with van der Waals surface area (Å²) in [6.45, 7) is 0. The maximum atomic E-state index is 13.7. The molecule has 0 heterocycles. The summed E-state index contributed by atoms with van der Waals surface area (Å²) in [4.78, 5) is 14.0. The minimum atomic E-state index is -0.474. The Hall–Kier alpha value is -2.07. The van der Waals surface area contributed by atoms with E-state index in [1.54, 1.807) is 12.1 Å². The van der Waals surface area contributed by atoms with E-state index in [9.17, 15) is 9.18 Å². The van der Waals surface area contributed by atoms with Crippen LogP contribution in [0.1, 0.15) is 5.56 Å². The molecule has 2 aromatic rings. The van der Waals surface area contributed by atoms with Crippen molar-refractivity contribution in [3.63, 3.8) is 0 Å². The molecular formula is C16H16ClFN2O. The maximum absolute atomic E-state index is 13.7. The molecule has 0 spiro atoms. The molecule has 110 valence electrons. The Kier molecular flexibility index (Phi) is 4.81. The molecule has 0 aliphatic heterocycles. The van der Waals surface area contributed by atoms with Gasteiger partial charge in [-0.2, -0.15) is 0 Å². The second kappa shape index (κ2) is 6.59. The van der Waals surface area contributed by atoms with Crippen LogP contribution < -0.4 is 10.2 Å². The zero-order valence-corrected chi connectivity index (χ0v) is 12.6. The van der Waals surface area contributed by atoms with Crippen molar-refractivity contribution in [2.24, 2.45) is 0 Å². The minimum Gasteiger partial charge on any atom is -0.376 e. The van der Waals surface area contributed by atoms with Gasteiger partial charge in [-0.3, -0.25) is 4.79 Å². The summed E-state index contributed by atoms with van der Waals surface area (Å²) in [6, 6.07) is 11.8. The van der Waals surface area contributed by atoms with E-state index in [1.807, 2.05) is 37.2 Å². The van der Waals surface area contributed by atoms with Gasteiger partial charge in [-0.25, -0.2) is 4.39 Å². The summed E-state index contributed by atoms with van der Waals surface area (Å²) in [5, 5.41) is 3.04. The minimum absolute atomic E-state index is 0.104. The Balaban J connectivity index is 2.16. The van der Waals surface area contributed by atoms with E-state index in [-0.39, 0.29) is 22.9 Å². The third kappa shape index (κ3) is 3.73. The van der Waals surface area contributed by atoms with Gasteiger partial charge in [0, 0.05) is 24.7 Å². The zero-order chi connectivity index (χ0) is 15.4.